The smallest absolute Gasteiger partial charge is 0.180 e. The molecular weight excluding hydrogens is 322 g/mol. The quantitative estimate of drug-likeness (QED) is 0.799. The number of aryl methyl sites for hydroxylation is 1. The Labute approximate surface area is 146 Å². The summed E-state index contributed by atoms with van der Waals surface area (Å²) in [6.07, 6.45) is -0.811. The van der Waals surface area contributed by atoms with E-state index in [2.05, 4.69) is 26.2 Å². The third-order valence-corrected chi connectivity index (χ3v) is 3.95. The molecular formula is C17H21N5O3. The number of nitrogens with one attached hydrogen (secondary N) is 1. The number of aliphatic hydroxyl groups excluding tert-OH is 1. The van der Waals surface area contributed by atoms with E-state index < -0.39 is 6.10 Å². The fraction of sp³-hybridized carbons (Fsp3) is 0.471. The van der Waals surface area contributed by atoms with Crippen molar-refractivity contribution in [3.8, 4) is 11.8 Å². The Hall–Kier alpha value is -2.47. The van der Waals surface area contributed by atoms with E-state index in [9.17, 15) is 5.11 Å². The first-order valence-corrected chi connectivity index (χ1v) is 8.18. The number of ether oxygens (including phenoxy) is 2. The van der Waals surface area contributed by atoms with Gasteiger partial charge in [-0.25, -0.2) is 4.98 Å². The third kappa shape index (κ3) is 4.76. The van der Waals surface area contributed by atoms with E-state index in [4.69, 9.17) is 14.7 Å². The number of morpholine rings is 1. The molecule has 0 saturated carbocycles. The van der Waals surface area contributed by atoms with Gasteiger partial charge in [-0.1, -0.05) is 0 Å². The second kappa shape index (κ2) is 8.07. The Morgan fingerprint density at radius 3 is 2.96 bits per heavy atom. The van der Waals surface area contributed by atoms with Gasteiger partial charge in [0.1, 0.15) is 30.4 Å². The lowest BCUT2D eigenvalue weighted by Gasteiger charge is -2.32. The summed E-state index contributed by atoms with van der Waals surface area (Å²) in [6, 6.07) is 8.88. The van der Waals surface area contributed by atoms with Crippen molar-refractivity contribution >= 4 is 0 Å². The van der Waals surface area contributed by atoms with E-state index in [0.717, 1.165) is 12.4 Å². The zero-order valence-electron chi connectivity index (χ0n) is 14.1. The summed E-state index contributed by atoms with van der Waals surface area (Å²) in [5.74, 6) is 2.03. The summed E-state index contributed by atoms with van der Waals surface area (Å²) < 4.78 is 11.3. The van der Waals surface area contributed by atoms with Gasteiger partial charge in [0.2, 0.25) is 0 Å². The van der Waals surface area contributed by atoms with Crippen molar-refractivity contribution in [3.05, 3.63) is 41.5 Å². The molecule has 0 bridgehead atoms. The maximum absolute atomic E-state index is 10.2. The highest BCUT2D eigenvalue weighted by Crippen LogP contribution is 2.19. The van der Waals surface area contributed by atoms with Gasteiger partial charge >= 0.3 is 0 Å². The van der Waals surface area contributed by atoms with Crippen LogP contribution >= 0.6 is 0 Å². The van der Waals surface area contributed by atoms with Gasteiger partial charge < -0.3 is 14.6 Å². The maximum atomic E-state index is 10.2. The molecule has 8 nitrogen and oxygen atoms in total. The Kier molecular flexibility index (Phi) is 5.60. The standard InChI is InChI=1S/C17H21N5O3/c1-12-19-17(21-20-12)16-10-22(6-7-24-16)9-14(23)11-25-15-4-2-13(8-18)3-5-15/h2-5,14,16,23H,6-7,9-11H2,1H3,(H,19,20,21)/t14-,16+/m0/s1. The van der Waals surface area contributed by atoms with Gasteiger partial charge in [0.05, 0.1) is 18.2 Å². The number of rotatable bonds is 6. The van der Waals surface area contributed by atoms with Crippen LogP contribution in [0.1, 0.15) is 23.3 Å². The number of H-pyrrole nitrogens is 1. The number of nitrogens with zero attached hydrogens (tertiary/aromatic N) is 4. The van der Waals surface area contributed by atoms with Crippen molar-refractivity contribution in [1.82, 2.24) is 20.1 Å². The summed E-state index contributed by atoms with van der Waals surface area (Å²) in [6.45, 7) is 4.47. The molecule has 2 heterocycles. The van der Waals surface area contributed by atoms with Crippen LogP contribution in [-0.4, -0.2) is 64.1 Å². The lowest BCUT2D eigenvalue weighted by molar-refractivity contribution is -0.0493. The van der Waals surface area contributed by atoms with E-state index in [1.165, 1.54) is 0 Å². The number of hydrogen-bond donors (Lipinski definition) is 2. The zero-order chi connectivity index (χ0) is 17.6. The Morgan fingerprint density at radius 2 is 2.28 bits per heavy atom. The Bertz CT molecular complexity index is 725. The van der Waals surface area contributed by atoms with E-state index in [1.807, 2.05) is 6.92 Å². The van der Waals surface area contributed by atoms with Crippen LogP contribution in [0.2, 0.25) is 0 Å². The molecule has 1 fully saturated rings. The van der Waals surface area contributed by atoms with Crippen LogP contribution in [0.25, 0.3) is 0 Å². The van der Waals surface area contributed by atoms with Crippen LogP contribution in [0.15, 0.2) is 24.3 Å². The predicted octanol–water partition coefficient (Wildman–Crippen LogP) is 0.798. The maximum Gasteiger partial charge on any atom is 0.180 e. The first kappa shape index (κ1) is 17.4. The second-order valence-electron chi connectivity index (χ2n) is 6.00. The summed E-state index contributed by atoms with van der Waals surface area (Å²) in [5.41, 5.74) is 0.578. The first-order valence-electron chi connectivity index (χ1n) is 8.18. The molecule has 3 rings (SSSR count). The fourth-order valence-electron chi connectivity index (χ4n) is 2.70. The highest BCUT2D eigenvalue weighted by molar-refractivity contribution is 5.34. The molecule has 132 valence electrons. The molecule has 1 aliphatic heterocycles. The lowest BCUT2D eigenvalue weighted by atomic mass is 10.2. The number of aromatic nitrogens is 3. The largest absolute Gasteiger partial charge is 0.491 e. The Balaban J connectivity index is 1.47. The van der Waals surface area contributed by atoms with Gasteiger partial charge in [-0.15, -0.1) is 0 Å². The number of benzene rings is 1. The zero-order valence-corrected chi connectivity index (χ0v) is 14.1. The number of hydrogen-bond acceptors (Lipinski definition) is 7. The SMILES string of the molecule is Cc1nc([C@H]2CN(C[C@H](O)COc3ccc(C#N)cc3)CCO2)n[nH]1. The topological polar surface area (TPSA) is 107 Å². The monoisotopic (exact) mass is 343 g/mol. The van der Waals surface area contributed by atoms with Crippen LogP contribution in [-0.2, 0) is 4.74 Å². The Morgan fingerprint density at radius 1 is 1.48 bits per heavy atom. The van der Waals surface area contributed by atoms with Crippen molar-refractivity contribution in [3.63, 3.8) is 0 Å². The molecule has 8 heteroatoms. The highest BCUT2D eigenvalue weighted by Gasteiger charge is 2.26. The summed E-state index contributed by atoms with van der Waals surface area (Å²) >= 11 is 0. The van der Waals surface area contributed by atoms with Gasteiger partial charge in [0.25, 0.3) is 0 Å². The van der Waals surface area contributed by atoms with Crippen LogP contribution < -0.4 is 4.74 Å². The predicted molar refractivity (Wildman–Crippen MR) is 88.9 cm³/mol. The molecule has 1 aliphatic rings. The van der Waals surface area contributed by atoms with Crippen LogP contribution in [0, 0.1) is 18.3 Å². The molecule has 1 aromatic carbocycles. The molecule has 2 N–H and O–H groups in total. The van der Waals surface area contributed by atoms with Crippen LogP contribution in [0.5, 0.6) is 5.75 Å². The molecule has 0 unspecified atom stereocenters. The van der Waals surface area contributed by atoms with Crippen molar-refractivity contribution in [2.45, 2.75) is 19.1 Å². The molecule has 0 aliphatic carbocycles. The van der Waals surface area contributed by atoms with Gasteiger partial charge in [-0.05, 0) is 31.2 Å². The lowest BCUT2D eigenvalue weighted by Crippen LogP contribution is -2.43. The van der Waals surface area contributed by atoms with Crippen molar-refractivity contribution in [2.24, 2.45) is 0 Å². The normalized spacial score (nSPS) is 19.3. The van der Waals surface area contributed by atoms with E-state index in [0.29, 0.717) is 36.8 Å². The third-order valence-electron chi connectivity index (χ3n) is 3.95. The van der Waals surface area contributed by atoms with E-state index >= 15 is 0 Å². The van der Waals surface area contributed by atoms with E-state index in [1.54, 1.807) is 24.3 Å². The minimum atomic E-state index is -0.622. The van der Waals surface area contributed by atoms with Crippen LogP contribution in [0.3, 0.4) is 0 Å². The molecule has 0 amide bonds. The average molecular weight is 343 g/mol. The molecule has 0 radical (unpaired) electrons. The number of β-amino-alcohol motifs (C(OH)–C–C–N with tert-alkyl or cyclic N) is 1. The van der Waals surface area contributed by atoms with Crippen molar-refractivity contribution < 1.29 is 14.6 Å². The van der Waals surface area contributed by atoms with Gasteiger partial charge in [-0.3, -0.25) is 10.00 Å². The minimum Gasteiger partial charge on any atom is -0.491 e. The summed E-state index contributed by atoms with van der Waals surface area (Å²) in [5, 5.41) is 26.0. The number of nitriles is 1. The van der Waals surface area contributed by atoms with Gasteiger partial charge in [-0.2, -0.15) is 10.4 Å². The van der Waals surface area contributed by atoms with Crippen molar-refractivity contribution in [1.29, 1.82) is 5.26 Å². The molecule has 2 atom stereocenters. The molecule has 1 aromatic heterocycles. The number of aromatic amines is 1. The molecule has 1 saturated heterocycles. The first-order chi connectivity index (χ1) is 12.1. The summed E-state index contributed by atoms with van der Waals surface area (Å²) in [4.78, 5) is 6.43. The molecule has 2 aromatic rings. The second-order valence-corrected chi connectivity index (χ2v) is 6.00. The summed E-state index contributed by atoms with van der Waals surface area (Å²) in [7, 11) is 0. The minimum absolute atomic E-state index is 0.188. The molecule has 0 spiro atoms. The van der Waals surface area contributed by atoms with Crippen molar-refractivity contribution in [2.75, 3.05) is 32.8 Å². The van der Waals surface area contributed by atoms with E-state index in [-0.39, 0.29) is 12.7 Å². The fourth-order valence-corrected chi connectivity index (χ4v) is 2.70. The number of aliphatic hydroxyl groups is 1. The highest BCUT2D eigenvalue weighted by atomic mass is 16.5. The van der Waals surface area contributed by atoms with Gasteiger partial charge in [0.15, 0.2) is 5.82 Å². The molecule has 25 heavy (non-hydrogen) atoms. The van der Waals surface area contributed by atoms with Crippen LogP contribution in [0.4, 0.5) is 0 Å². The average Bonchev–Trinajstić information content (AvgIpc) is 3.07. The van der Waals surface area contributed by atoms with Gasteiger partial charge in [0, 0.05) is 19.6 Å².